The van der Waals surface area contributed by atoms with Crippen LogP contribution in [0.25, 0.3) is 0 Å². The number of pyridine rings is 1. The Morgan fingerprint density at radius 1 is 1.16 bits per heavy atom. The van der Waals surface area contributed by atoms with Gasteiger partial charge in [-0.15, -0.1) is 0 Å². The summed E-state index contributed by atoms with van der Waals surface area (Å²) in [5.41, 5.74) is 7.85. The maximum Gasteiger partial charge on any atom is 0.259 e. The van der Waals surface area contributed by atoms with Crippen LogP contribution in [0.5, 0.6) is 5.75 Å². The second-order valence-corrected chi connectivity index (χ2v) is 7.68. The molecule has 4 rings (SSSR count). The van der Waals surface area contributed by atoms with Gasteiger partial charge in [-0.2, -0.15) is 5.10 Å². The molecule has 166 valence electrons. The number of amides is 2. The van der Waals surface area contributed by atoms with E-state index in [0.717, 1.165) is 18.5 Å². The molecule has 0 unspecified atom stereocenters. The van der Waals surface area contributed by atoms with Gasteiger partial charge in [0.25, 0.3) is 5.91 Å². The van der Waals surface area contributed by atoms with Crippen LogP contribution >= 0.6 is 0 Å². The average Bonchev–Trinajstić information content (AvgIpc) is 3.32. The van der Waals surface area contributed by atoms with Crippen LogP contribution in [-0.2, 0) is 11.3 Å². The summed E-state index contributed by atoms with van der Waals surface area (Å²) in [6.07, 6.45) is 5.03. The summed E-state index contributed by atoms with van der Waals surface area (Å²) in [4.78, 5) is 31.5. The highest BCUT2D eigenvalue weighted by molar-refractivity contribution is 6.07. The highest BCUT2D eigenvalue weighted by Crippen LogP contribution is 2.29. The molecule has 1 aliphatic heterocycles. The SMILES string of the molecule is COc1ccccc1NC(=O)c1ccc(C2CCN(C(=O)Cn3cccn3)CC2)nc1N. The van der Waals surface area contributed by atoms with Crippen molar-refractivity contribution < 1.29 is 14.3 Å². The number of nitrogens with one attached hydrogen (secondary N) is 1. The number of likely N-dealkylation sites (tertiary alicyclic amines) is 1. The Bertz CT molecular complexity index is 1090. The molecular formula is C23H26N6O3. The molecule has 1 saturated heterocycles. The largest absolute Gasteiger partial charge is 0.495 e. The number of nitrogens with two attached hydrogens (primary N) is 1. The van der Waals surface area contributed by atoms with Gasteiger partial charge < -0.3 is 20.7 Å². The molecule has 0 atom stereocenters. The van der Waals surface area contributed by atoms with Gasteiger partial charge in [-0.3, -0.25) is 14.3 Å². The smallest absolute Gasteiger partial charge is 0.259 e. The Balaban J connectivity index is 1.37. The van der Waals surface area contributed by atoms with Crippen molar-refractivity contribution in [3.8, 4) is 5.75 Å². The van der Waals surface area contributed by atoms with E-state index in [1.165, 1.54) is 0 Å². The predicted octanol–water partition coefficient (Wildman–Crippen LogP) is 2.53. The van der Waals surface area contributed by atoms with Gasteiger partial charge in [0.05, 0.1) is 18.4 Å². The van der Waals surface area contributed by atoms with E-state index in [2.05, 4.69) is 15.4 Å². The zero-order chi connectivity index (χ0) is 22.5. The first kappa shape index (κ1) is 21.4. The number of rotatable bonds is 6. The second-order valence-electron chi connectivity index (χ2n) is 7.68. The molecule has 2 amide bonds. The average molecular weight is 435 g/mol. The van der Waals surface area contributed by atoms with E-state index in [4.69, 9.17) is 10.5 Å². The van der Waals surface area contributed by atoms with Crippen LogP contribution in [-0.4, -0.2) is 51.7 Å². The van der Waals surface area contributed by atoms with Crippen LogP contribution in [0.1, 0.15) is 34.8 Å². The number of methoxy groups -OCH3 is 1. The van der Waals surface area contributed by atoms with Crippen LogP contribution < -0.4 is 15.8 Å². The first-order valence-electron chi connectivity index (χ1n) is 10.5. The van der Waals surface area contributed by atoms with Gasteiger partial charge in [0, 0.05) is 37.1 Å². The Labute approximate surface area is 186 Å². The molecule has 0 aliphatic carbocycles. The van der Waals surface area contributed by atoms with Crippen LogP contribution in [0.2, 0.25) is 0 Å². The minimum Gasteiger partial charge on any atom is -0.495 e. The van der Waals surface area contributed by atoms with E-state index in [-0.39, 0.29) is 30.1 Å². The lowest BCUT2D eigenvalue weighted by Crippen LogP contribution is -2.40. The van der Waals surface area contributed by atoms with Gasteiger partial charge in [0.15, 0.2) is 0 Å². The monoisotopic (exact) mass is 434 g/mol. The quantitative estimate of drug-likeness (QED) is 0.616. The summed E-state index contributed by atoms with van der Waals surface area (Å²) in [6, 6.07) is 12.5. The molecule has 1 aliphatic rings. The number of aromatic nitrogens is 3. The summed E-state index contributed by atoms with van der Waals surface area (Å²) in [7, 11) is 1.55. The Hall–Kier alpha value is -3.88. The van der Waals surface area contributed by atoms with E-state index < -0.39 is 0 Å². The van der Waals surface area contributed by atoms with Crippen molar-refractivity contribution in [1.29, 1.82) is 0 Å². The van der Waals surface area contributed by atoms with Gasteiger partial charge in [-0.1, -0.05) is 12.1 Å². The van der Waals surface area contributed by atoms with Crippen molar-refractivity contribution in [2.45, 2.75) is 25.3 Å². The van der Waals surface area contributed by atoms with Crippen molar-refractivity contribution in [1.82, 2.24) is 19.7 Å². The number of nitrogens with zero attached hydrogens (tertiary/aromatic N) is 4. The molecule has 1 aromatic carbocycles. The van der Waals surface area contributed by atoms with Crippen LogP contribution in [0.15, 0.2) is 54.9 Å². The molecule has 3 aromatic rings. The fraction of sp³-hybridized carbons (Fsp3) is 0.304. The van der Waals surface area contributed by atoms with E-state index in [9.17, 15) is 9.59 Å². The van der Waals surface area contributed by atoms with Crippen molar-refractivity contribution in [2.75, 3.05) is 31.2 Å². The summed E-state index contributed by atoms with van der Waals surface area (Å²) in [5, 5.41) is 6.91. The first-order valence-corrected chi connectivity index (χ1v) is 10.5. The standard InChI is InChI=1S/C23H26N6O3/c1-32-20-6-3-2-5-19(20)27-23(31)17-7-8-18(26-22(17)24)16-9-13-28(14-10-16)21(30)15-29-12-4-11-25-29/h2-8,11-12,16H,9-10,13-15H2,1H3,(H2,24,26)(H,27,31). The summed E-state index contributed by atoms with van der Waals surface area (Å²) < 4.78 is 6.90. The molecule has 9 nitrogen and oxygen atoms in total. The highest BCUT2D eigenvalue weighted by Gasteiger charge is 2.25. The van der Waals surface area contributed by atoms with E-state index in [1.54, 1.807) is 48.5 Å². The summed E-state index contributed by atoms with van der Waals surface area (Å²) in [5.74, 6) is 0.662. The summed E-state index contributed by atoms with van der Waals surface area (Å²) >= 11 is 0. The zero-order valence-electron chi connectivity index (χ0n) is 17.9. The molecule has 3 heterocycles. The lowest BCUT2D eigenvalue weighted by molar-refractivity contribution is -0.133. The van der Waals surface area contributed by atoms with Gasteiger partial charge >= 0.3 is 0 Å². The summed E-state index contributed by atoms with van der Waals surface area (Å²) in [6.45, 7) is 1.56. The third-order valence-electron chi connectivity index (χ3n) is 5.67. The number of piperidine rings is 1. The minimum atomic E-state index is -0.343. The van der Waals surface area contributed by atoms with Crippen LogP contribution in [0, 0.1) is 0 Å². The number of nitrogen functional groups attached to an aromatic ring is 1. The third-order valence-corrected chi connectivity index (χ3v) is 5.67. The molecule has 9 heteroatoms. The molecule has 32 heavy (non-hydrogen) atoms. The normalized spacial score (nSPS) is 14.2. The number of para-hydroxylation sites is 2. The third kappa shape index (κ3) is 4.72. The van der Waals surface area contributed by atoms with E-state index >= 15 is 0 Å². The van der Waals surface area contributed by atoms with Gasteiger partial charge in [-0.05, 0) is 43.2 Å². The Morgan fingerprint density at radius 3 is 2.62 bits per heavy atom. The lowest BCUT2D eigenvalue weighted by atomic mass is 9.92. The number of carbonyl (C=O) groups excluding carboxylic acids is 2. The molecule has 1 fully saturated rings. The van der Waals surface area contributed by atoms with Crippen LogP contribution in [0.4, 0.5) is 11.5 Å². The molecular weight excluding hydrogens is 408 g/mol. The molecule has 0 bridgehead atoms. The van der Waals surface area contributed by atoms with Gasteiger partial charge in [0.2, 0.25) is 5.91 Å². The zero-order valence-corrected chi connectivity index (χ0v) is 17.9. The number of hydrogen-bond acceptors (Lipinski definition) is 6. The second kappa shape index (κ2) is 9.51. The molecule has 0 spiro atoms. The van der Waals surface area contributed by atoms with Crippen molar-refractivity contribution in [2.24, 2.45) is 0 Å². The van der Waals surface area contributed by atoms with Crippen molar-refractivity contribution >= 4 is 23.3 Å². The molecule has 0 saturated carbocycles. The van der Waals surface area contributed by atoms with Crippen molar-refractivity contribution in [3.05, 3.63) is 66.1 Å². The number of carbonyl (C=O) groups is 2. The number of hydrogen-bond donors (Lipinski definition) is 2. The maximum atomic E-state index is 12.7. The maximum absolute atomic E-state index is 12.7. The van der Waals surface area contributed by atoms with E-state index in [1.807, 2.05) is 23.1 Å². The fourth-order valence-corrected chi connectivity index (χ4v) is 3.90. The molecule has 3 N–H and O–H groups in total. The van der Waals surface area contributed by atoms with Gasteiger partial charge in [-0.25, -0.2) is 4.98 Å². The van der Waals surface area contributed by atoms with Crippen LogP contribution in [0.3, 0.4) is 0 Å². The fourth-order valence-electron chi connectivity index (χ4n) is 3.90. The van der Waals surface area contributed by atoms with Gasteiger partial charge in [0.1, 0.15) is 18.1 Å². The Kier molecular flexibility index (Phi) is 6.34. The molecule has 2 aromatic heterocycles. The highest BCUT2D eigenvalue weighted by atomic mass is 16.5. The molecule has 0 radical (unpaired) electrons. The minimum absolute atomic E-state index is 0.0583. The number of benzene rings is 1. The Morgan fingerprint density at radius 2 is 1.94 bits per heavy atom. The predicted molar refractivity (Wildman–Crippen MR) is 120 cm³/mol. The first-order chi connectivity index (χ1) is 15.5. The lowest BCUT2D eigenvalue weighted by Gasteiger charge is -2.32. The number of ether oxygens (including phenoxy) is 1. The number of anilines is 2. The van der Waals surface area contributed by atoms with Crippen molar-refractivity contribution in [3.63, 3.8) is 0 Å². The van der Waals surface area contributed by atoms with E-state index in [0.29, 0.717) is 30.1 Å². The topological polar surface area (TPSA) is 115 Å².